The molecule has 0 aliphatic carbocycles. The van der Waals surface area contributed by atoms with E-state index in [-0.39, 0.29) is 23.8 Å². The monoisotopic (exact) mass is 331 g/mol. The SMILES string of the molecule is O=C1CC[C@@]2(CCCN(C(=O)c3ccncc3)C2)CN1CCCO. The van der Waals surface area contributed by atoms with Gasteiger partial charge in [-0.3, -0.25) is 14.6 Å². The molecule has 130 valence electrons. The molecule has 0 bridgehead atoms. The Kier molecular flexibility index (Phi) is 5.14. The lowest BCUT2D eigenvalue weighted by molar-refractivity contribution is -0.139. The molecule has 0 radical (unpaired) electrons. The van der Waals surface area contributed by atoms with Gasteiger partial charge >= 0.3 is 0 Å². The smallest absolute Gasteiger partial charge is 0.253 e. The molecule has 24 heavy (non-hydrogen) atoms. The second-order valence-electron chi connectivity index (χ2n) is 6.96. The first-order valence-electron chi connectivity index (χ1n) is 8.71. The van der Waals surface area contributed by atoms with Crippen LogP contribution in [-0.2, 0) is 4.79 Å². The van der Waals surface area contributed by atoms with E-state index in [1.54, 1.807) is 24.5 Å². The Balaban J connectivity index is 1.70. The summed E-state index contributed by atoms with van der Waals surface area (Å²) in [5.41, 5.74) is 0.677. The van der Waals surface area contributed by atoms with Crippen molar-refractivity contribution in [3.63, 3.8) is 0 Å². The Labute approximate surface area is 142 Å². The number of hydrogen-bond acceptors (Lipinski definition) is 4. The minimum atomic E-state index is 0.00427. The molecule has 2 aliphatic rings. The maximum Gasteiger partial charge on any atom is 0.253 e. The molecule has 6 nitrogen and oxygen atoms in total. The van der Waals surface area contributed by atoms with Crippen molar-refractivity contribution in [1.82, 2.24) is 14.8 Å². The Morgan fingerprint density at radius 2 is 2.04 bits per heavy atom. The molecule has 0 unspecified atom stereocenters. The topological polar surface area (TPSA) is 73.7 Å². The van der Waals surface area contributed by atoms with Crippen molar-refractivity contribution < 1.29 is 14.7 Å². The van der Waals surface area contributed by atoms with Gasteiger partial charge in [-0.15, -0.1) is 0 Å². The molecule has 3 rings (SSSR count). The third kappa shape index (κ3) is 3.59. The van der Waals surface area contributed by atoms with Crippen LogP contribution in [0.15, 0.2) is 24.5 Å². The molecule has 3 heterocycles. The first-order chi connectivity index (χ1) is 11.6. The number of rotatable bonds is 4. The van der Waals surface area contributed by atoms with Gasteiger partial charge in [-0.1, -0.05) is 0 Å². The van der Waals surface area contributed by atoms with Crippen molar-refractivity contribution >= 4 is 11.8 Å². The third-order valence-corrected chi connectivity index (χ3v) is 5.21. The molecule has 2 aliphatic heterocycles. The van der Waals surface area contributed by atoms with E-state index in [0.29, 0.717) is 38.0 Å². The molecule has 1 aromatic rings. The van der Waals surface area contributed by atoms with Crippen LogP contribution in [0.5, 0.6) is 0 Å². The van der Waals surface area contributed by atoms with Crippen molar-refractivity contribution in [3.05, 3.63) is 30.1 Å². The molecule has 0 saturated carbocycles. The minimum absolute atomic E-state index is 0.00427. The molecule has 6 heteroatoms. The van der Waals surface area contributed by atoms with Crippen LogP contribution in [0.3, 0.4) is 0 Å². The van der Waals surface area contributed by atoms with Gasteiger partial charge in [-0.25, -0.2) is 0 Å². The molecule has 2 saturated heterocycles. The Bertz CT molecular complexity index is 592. The van der Waals surface area contributed by atoms with Crippen LogP contribution in [-0.4, -0.2) is 64.5 Å². The van der Waals surface area contributed by atoms with Crippen LogP contribution in [0.25, 0.3) is 0 Å². The number of carbonyl (C=O) groups excluding carboxylic acids is 2. The first kappa shape index (κ1) is 16.9. The second kappa shape index (κ2) is 7.30. The summed E-state index contributed by atoms with van der Waals surface area (Å²) < 4.78 is 0. The normalized spacial score (nSPS) is 24.5. The largest absolute Gasteiger partial charge is 0.396 e. The van der Waals surface area contributed by atoms with Gasteiger partial charge in [0.1, 0.15) is 0 Å². The number of nitrogens with zero attached hydrogens (tertiary/aromatic N) is 3. The summed E-state index contributed by atoms with van der Waals surface area (Å²) in [6.07, 6.45) is 7.31. The minimum Gasteiger partial charge on any atom is -0.396 e. The lowest BCUT2D eigenvalue weighted by atomic mass is 9.73. The molecule has 1 atom stereocenters. The van der Waals surface area contributed by atoms with Gasteiger partial charge in [0.25, 0.3) is 5.91 Å². The van der Waals surface area contributed by atoms with Crippen LogP contribution in [0.4, 0.5) is 0 Å². The van der Waals surface area contributed by atoms with E-state index in [4.69, 9.17) is 5.11 Å². The van der Waals surface area contributed by atoms with Crippen LogP contribution < -0.4 is 0 Å². The lowest BCUT2D eigenvalue weighted by Crippen LogP contribution is -2.55. The van der Waals surface area contributed by atoms with E-state index >= 15 is 0 Å². The summed E-state index contributed by atoms with van der Waals surface area (Å²) in [7, 11) is 0. The highest BCUT2D eigenvalue weighted by atomic mass is 16.3. The molecule has 1 N–H and O–H groups in total. The van der Waals surface area contributed by atoms with Crippen molar-refractivity contribution in [2.24, 2.45) is 5.41 Å². The van der Waals surface area contributed by atoms with Crippen molar-refractivity contribution in [1.29, 1.82) is 0 Å². The van der Waals surface area contributed by atoms with Crippen molar-refractivity contribution in [3.8, 4) is 0 Å². The number of aromatic nitrogens is 1. The molecule has 2 amide bonds. The summed E-state index contributed by atoms with van der Waals surface area (Å²) in [4.78, 5) is 32.6. The molecule has 0 aromatic carbocycles. The van der Waals surface area contributed by atoms with Crippen LogP contribution in [0.2, 0.25) is 0 Å². The average molecular weight is 331 g/mol. The number of carbonyl (C=O) groups is 2. The maximum absolute atomic E-state index is 12.7. The van der Waals surface area contributed by atoms with Crippen LogP contribution >= 0.6 is 0 Å². The highest BCUT2D eigenvalue weighted by Crippen LogP contribution is 2.39. The highest BCUT2D eigenvalue weighted by molar-refractivity contribution is 5.94. The standard InChI is InChI=1S/C18H25N3O3/c22-12-2-11-20-13-18(7-3-16(20)23)6-1-10-21(14-18)17(24)15-4-8-19-9-5-15/h4-5,8-9,22H,1-3,6-7,10-14H2/t18-/m0/s1. The summed E-state index contributed by atoms with van der Waals surface area (Å²) in [5, 5.41) is 9.03. The zero-order valence-electron chi connectivity index (χ0n) is 14.0. The third-order valence-electron chi connectivity index (χ3n) is 5.21. The first-order valence-corrected chi connectivity index (χ1v) is 8.71. The molecular formula is C18H25N3O3. The Hall–Kier alpha value is -1.95. The van der Waals surface area contributed by atoms with Gasteiger partial charge in [0, 0.05) is 62.6 Å². The Morgan fingerprint density at radius 3 is 2.79 bits per heavy atom. The number of aliphatic hydroxyl groups excluding tert-OH is 1. The van der Waals surface area contributed by atoms with E-state index in [1.165, 1.54) is 0 Å². The average Bonchev–Trinajstić information content (AvgIpc) is 2.63. The van der Waals surface area contributed by atoms with Crippen LogP contribution in [0.1, 0.15) is 42.5 Å². The summed E-state index contributed by atoms with van der Waals surface area (Å²) in [6, 6.07) is 3.50. The van der Waals surface area contributed by atoms with E-state index < -0.39 is 0 Å². The lowest BCUT2D eigenvalue weighted by Gasteiger charge is -2.48. The van der Waals surface area contributed by atoms with Gasteiger partial charge in [0.15, 0.2) is 0 Å². The van der Waals surface area contributed by atoms with Gasteiger partial charge in [0.2, 0.25) is 5.91 Å². The molecule has 1 aromatic heterocycles. The van der Waals surface area contributed by atoms with Crippen LogP contribution in [0, 0.1) is 5.41 Å². The Morgan fingerprint density at radius 1 is 1.25 bits per heavy atom. The number of aliphatic hydroxyl groups is 1. The van der Waals surface area contributed by atoms with Crippen molar-refractivity contribution in [2.45, 2.75) is 32.1 Å². The summed E-state index contributed by atoms with van der Waals surface area (Å²) in [5.74, 6) is 0.224. The number of likely N-dealkylation sites (tertiary alicyclic amines) is 2. The number of piperidine rings is 2. The zero-order valence-corrected chi connectivity index (χ0v) is 14.0. The van der Waals surface area contributed by atoms with Crippen molar-refractivity contribution in [2.75, 3.05) is 32.8 Å². The molecular weight excluding hydrogens is 306 g/mol. The molecule has 2 fully saturated rings. The van der Waals surface area contributed by atoms with E-state index in [0.717, 1.165) is 25.8 Å². The van der Waals surface area contributed by atoms with Gasteiger partial charge in [-0.2, -0.15) is 0 Å². The van der Waals surface area contributed by atoms with E-state index in [9.17, 15) is 9.59 Å². The fourth-order valence-electron chi connectivity index (χ4n) is 3.96. The second-order valence-corrected chi connectivity index (χ2v) is 6.96. The fraction of sp³-hybridized carbons (Fsp3) is 0.611. The highest BCUT2D eigenvalue weighted by Gasteiger charge is 2.42. The van der Waals surface area contributed by atoms with Gasteiger partial charge in [0.05, 0.1) is 0 Å². The number of hydrogen-bond donors (Lipinski definition) is 1. The van der Waals surface area contributed by atoms with E-state index in [1.807, 2.05) is 9.80 Å². The van der Waals surface area contributed by atoms with Gasteiger partial charge < -0.3 is 14.9 Å². The quantitative estimate of drug-likeness (QED) is 0.903. The summed E-state index contributed by atoms with van der Waals surface area (Å²) in [6.45, 7) is 2.88. The number of amides is 2. The zero-order chi connectivity index (χ0) is 17.0. The van der Waals surface area contributed by atoms with Gasteiger partial charge in [-0.05, 0) is 37.8 Å². The fourth-order valence-corrected chi connectivity index (χ4v) is 3.96. The maximum atomic E-state index is 12.7. The summed E-state index contributed by atoms with van der Waals surface area (Å²) >= 11 is 0. The predicted molar refractivity (Wildman–Crippen MR) is 89.3 cm³/mol. The van der Waals surface area contributed by atoms with E-state index in [2.05, 4.69) is 4.98 Å². The molecule has 1 spiro atoms. The predicted octanol–water partition coefficient (Wildman–Crippen LogP) is 1.31. The number of pyridine rings is 1.